The molecule has 1 fully saturated rings. The normalized spacial score (nSPS) is 16.1. The number of piperazine rings is 1. The van der Waals surface area contributed by atoms with Gasteiger partial charge in [0.2, 0.25) is 10.0 Å². The van der Waals surface area contributed by atoms with Gasteiger partial charge in [-0.15, -0.1) is 0 Å². The molecule has 1 atom stereocenters. The molecule has 4 aromatic rings. The molecule has 1 N–H and O–H groups in total. The summed E-state index contributed by atoms with van der Waals surface area (Å²) in [5.74, 6) is 1.58. The van der Waals surface area contributed by atoms with Crippen molar-refractivity contribution in [2.45, 2.75) is 31.2 Å². The van der Waals surface area contributed by atoms with Gasteiger partial charge >= 0.3 is 0 Å². The molecule has 1 aliphatic heterocycles. The monoisotopic (exact) mass is 515 g/mol. The van der Waals surface area contributed by atoms with Crippen molar-refractivity contribution in [1.82, 2.24) is 19.2 Å². The summed E-state index contributed by atoms with van der Waals surface area (Å²) in [6, 6.07) is 25.5. The van der Waals surface area contributed by atoms with Crippen molar-refractivity contribution in [2.24, 2.45) is 0 Å². The number of hydrogen-bond donors (Lipinski definition) is 1. The Balaban J connectivity index is 1.29. The SMILES string of the molecule is Cc1ccc(S(=O)(=O)N2CCN(C(C)c3nc(NCCc4ccccc4)c4ccccc4n3)CC2)cc1. The Kier molecular flexibility index (Phi) is 7.50. The number of aryl methyl sites for hydroxylation is 1. The standard InChI is InChI=1S/C29H33N5O2S/c1-22-12-14-25(15-13-22)37(35,36)34-20-18-33(19-21-34)23(2)28-31-27-11-7-6-10-26(27)29(32-28)30-17-16-24-8-4-3-5-9-24/h3-15,23H,16-21H2,1-2H3,(H,30,31,32). The molecule has 0 bridgehead atoms. The third kappa shape index (κ3) is 5.66. The van der Waals surface area contributed by atoms with Crippen LogP contribution in [0.4, 0.5) is 5.82 Å². The van der Waals surface area contributed by atoms with Crippen molar-refractivity contribution in [2.75, 3.05) is 38.0 Å². The van der Waals surface area contributed by atoms with E-state index in [-0.39, 0.29) is 6.04 Å². The second-order valence-electron chi connectivity index (χ2n) is 9.54. The third-order valence-electron chi connectivity index (χ3n) is 7.02. The highest BCUT2D eigenvalue weighted by Crippen LogP contribution is 2.27. The van der Waals surface area contributed by atoms with Gasteiger partial charge in [-0.1, -0.05) is 60.2 Å². The number of benzene rings is 3. The van der Waals surface area contributed by atoms with Crippen LogP contribution in [0.1, 0.15) is 29.9 Å². The summed E-state index contributed by atoms with van der Waals surface area (Å²) in [7, 11) is -3.50. The Morgan fingerprint density at radius 1 is 0.865 bits per heavy atom. The molecule has 1 saturated heterocycles. The van der Waals surface area contributed by atoms with Crippen LogP contribution in [-0.2, 0) is 16.4 Å². The van der Waals surface area contributed by atoms with Gasteiger partial charge in [-0.05, 0) is 50.1 Å². The summed E-state index contributed by atoms with van der Waals surface area (Å²) in [5.41, 5.74) is 3.23. The lowest BCUT2D eigenvalue weighted by molar-refractivity contribution is 0.141. The molecule has 37 heavy (non-hydrogen) atoms. The maximum atomic E-state index is 13.1. The summed E-state index contributed by atoms with van der Waals surface area (Å²) >= 11 is 0. The number of para-hydroxylation sites is 1. The molecule has 7 nitrogen and oxygen atoms in total. The molecule has 0 amide bonds. The first-order valence-electron chi connectivity index (χ1n) is 12.8. The molecule has 1 aromatic heterocycles. The van der Waals surface area contributed by atoms with E-state index in [1.807, 2.05) is 49.4 Å². The highest BCUT2D eigenvalue weighted by atomic mass is 32.2. The third-order valence-corrected chi connectivity index (χ3v) is 8.94. The summed E-state index contributed by atoms with van der Waals surface area (Å²) < 4.78 is 27.8. The average Bonchev–Trinajstić information content (AvgIpc) is 2.93. The first-order chi connectivity index (χ1) is 17.9. The molecule has 1 unspecified atom stereocenters. The molecule has 8 heteroatoms. The minimum Gasteiger partial charge on any atom is -0.369 e. The zero-order valence-electron chi connectivity index (χ0n) is 21.3. The Morgan fingerprint density at radius 2 is 1.54 bits per heavy atom. The van der Waals surface area contributed by atoms with E-state index in [0.29, 0.717) is 31.1 Å². The second-order valence-corrected chi connectivity index (χ2v) is 11.5. The predicted molar refractivity (Wildman–Crippen MR) is 148 cm³/mol. The first kappa shape index (κ1) is 25.3. The van der Waals surface area contributed by atoms with Crippen LogP contribution in [0, 0.1) is 6.92 Å². The van der Waals surface area contributed by atoms with Gasteiger partial charge in [0, 0.05) is 38.1 Å². The largest absolute Gasteiger partial charge is 0.369 e. The van der Waals surface area contributed by atoms with Crippen LogP contribution in [0.25, 0.3) is 10.9 Å². The van der Waals surface area contributed by atoms with Crippen LogP contribution >= 0.6 is 0 Å². The summed E-state index contributed by atoms with van der Waals surface area (Å²) in [6.45, 7) is 6.96. The number of sulfonamides is 1. The van der Waals surface area contributed by atoms with Gasteiger partial charge in [0.1, 0.15) is 11.6 Å². The average molecular weight is 516 g/mol. The van der Waals surface area contributed by atoms with Crippen LogP contribution < -0.4 is 5.32 Å². The zero-order valence-corrected chi connectivity index (χ0v) is 22.2. The van der Waals surface area contributed by atoms with Crippen molar-refractivity contribution in [1.29, 1.82) is 0 Å². The highest BCUT2D eigenvalue weighted by molar-refractivity contribution is 7.89. The lowest BCUT2D eigenvalue weighted by Crippen LogP contribution is -2.49. The van der Waals surface area contributed by atoms with Crippen molar-refractivity contribution >= 4 is 26.7 Å². The van der Waals surface area contributed by atoms with E-state index in [1.165, 1.54) is 5.56 Å². The number of anilines is 1. The van der Waals surface area contributed by atoms with Crippen LogP contribution in [0.15, 0.2) is 83.8 Å². The fraction of sp³-hybridized carbons (Fsp3) is 0.310. The summed E-state index contributed by atoms with van der Waals surface area (Å²) in [4.78, 5) is 12.4. The first-order valence-corrected chi connectivity index (χ1v) is 14.2. The van der Waals surface area contributed by atoms with E-state index in [9.17, 15) is 8.42 Å². The van der Waals surface area contributed by atoms with E-state index in [1.54, 1.807) is 16.4 Å². The highest BCUT2D eigenvalue weighted by Gasteiger charge is 2.31. The molecule has 1 aliphatic rings. The number of hydrogen-bond acceptors (Lipinski definition) is 6. The molecule has 192 valence electrons. The Bertz CT molecular complexity index is 1450. The number of aromatic nitrogens is 2. The number of fused-ring (bicyclic) bond motifs is 1. The van der Waals surface area contributed by atoms with Crippen molar-refractivity contribution in [3.05, 3.63) is 95.8 Å². The predicted octanol–water partition coefficient (Wildman–Crippen LogP) is 4.66. The van der Waals surface area contributed by atoms with E-state index < -0.39 is 10.0 Å². The Hall–Kier alpha value is -3.33. The van der Waals surface area contributed by atoms with Gasteiger partial charge in [-0.25, -0.2) is 18.4 Å². The number of nitrogens with zero attached hydrogens (tertiary/aromatic N) is 4. The summed E-state index contributed by atoms with van der Waals surface area (Å²) in [5, 5.41) is 4.53. The van der Waals surface area contributed by atoms with Gasteiger partial charge in [0.05, 0.1) is 16.5 Å². The fourth-order valence-corrected chi connectivity index (χ4v) is 6.16. The van der Waals surface area contributed by atoms with Gasteiger partial charge in [0.15, 0.2) is 0 Å². The molecular formula is C29H33N5O2S. The fourth-order valence-electron chi connectivity index (χ4n) is 4.74. The molecular weight excluding hydrogens is 482 g/mol. The second kappa shape index (κ2) is 11.0. The smallest absolute Gasteiger partial charge is 0.243 e. The topological polar surface area (TPSA) is 78.4 Å². The van der Waals surface area contributed by atoms with Crippen LogP contribution in [0.3, 0.4) is 0 Å². The molecule has 2 heterocycles. The molecule has 5 rings (SSSR count). The van der Waals surface area contributed by atoms with E-state index in [0.717, 1.165) is 41.1 Å². The zero-order chi connectivity index (χ0) is 25.8. The van der Waals surface area contributed by atoms with Gasteiger partial charge in [0.25, 0.3) is 0 Å². The van der Waals surface area contributed by atoms with Crippen LogP contribution in [-0.4, -0.2) is 60.3 Å². The van der Waals surface area contributed by atoms with Crippen molar-refractivity contribution in [3.8, 4) is 0 Å². The minimum atomic E-state index is -3.50. The number of nitrogens with one attached hydrogen (secondary N) is 1. The molecule has 0 aliphatic carbocycles. The molecule has 0 saturated carbocycles. The van der Waals surface area contributed by atoms with Gasteiger partial charge < -0.3 is 5.32 Å². The Morgan fingerprint density at radius 3 is 2.27 bits per heavy atom. The number of rotatable bonds is 8. The quantitative estimate of drug-likeness (QED) is 0.368. The van der Waals surface area contributed by atoms with Crippen LogP contribution in [0.5, 0.6) is 0 Å². The van der Waals surface area contributed by atoms with E-state index in [4.69, 9.17) is 9.97 Å². The van der Waals surface area contributed by atoms with Crippen molar-refractivity contribution in [3.63, 3.8) is 0 Å². The lowest BCUT2D eigenvalue weighted by Gasteiger charge is -2.36. The van der Waals surface area contributed by atoms with Gasteiger partial charge in [-0.3, -0.25) is 4.90 Å². The molecule has 0 spiro atoms. The lowest BCUT2D eigenvalue weighted by atomic mass is 10.1. The molecule has 3 aromatic carbocycles. The van der Waals surface area contributed by atoms with E-state index in [2.05, 4.69) is 41.4 Å². The summed E-state index contributed by atoms with van der Waals surface area (Å²) in [6.07, 6.45) is 0.904. The van der Waals surface area contributed by atoms with Crippen molar-refractivity contribution < 1.29 is 8.42 Å². The van der Waals surface area contributed by atoms with Gasteiger partial charge in [-0.2, -0.15) is 4.31 Å². The molecule has 0 radical (unpaired) electrons. The maximum Gasteiger partial charge on any atom is 0.243 e. The van der Waals surface area contributed by atoms with Crippen LogP contribution in [0.2, 0.25) is 0 Å². The van der Waals surface area contributed by atoms with E-state index >= 15 is 0 Å². The Labute approximate surface area is 219 Å². The minimum absolute atomic E-state index is 0.0384. The maximum absolute atomic E-state index is 13.1.